The maximum Gasteiger partial charge on any atom is 0.343 e. The molecule has 0 aromatic heterocycles. The van der Waals surface area contributed by atoms with Crippen LogP contribution in [0, 0.1) is 5.82 Å². The normalized spacial score (nSPS) is 10.3. The van der Waals surface area contributed by atoms with Crippen molar-refractivity contribution in [2.45, 2.75) is 6.54 Å². The molecule has 0 saturated heterocycles. The number of nitrogens with one attached hydrogen (secondary N) is 1. The zero-order valence-electron chi connectivity index (χ0n) is 11.1. The highest BCUT2D eigenvalue weighted by molar-refractivity contribution is 5.70. The van der Waals surface area contributed by atoms with Crippen molar-refractivity contribution in [2.24, 2.45) is 0 Å². The van der Waals surface area contributed by atoms with Crippen LogP contribution in [0.3, 0.4) is 0 Å². The first-order valence-electron chi connectivity index (χ1n) is 5.85. The number of rotatable bonds is 8. The molecule has 0 atom stereocenters. The molecule has 1 rings (SSSR count). The molecule has 1 N–H and O–H groups in total. The van der Waals surface area contributed by atoms with Crippen LogP contribution in [0.25, 0.3) is 0 Å². The number of hydrogen-bond donors (Lipinski definition) is 1. The van der Waals surface area contributed by atoms with E-state index in [0.29, 0.717) is 31.0 Å². The lowest BCUT2D eigenvalue weighted by Gasteiger charge is -2.11. The van der Waals surface area contributed by atoms with Crippen LogP contribution in [0.2, 0.25) is 0 Å². The van der Waals surface area contributed by atoms with Crippen LogP contribution in [-0.2, 0) is 20.8 Å². The van der Waals surface area contributed by atoms with E-state index in [1.165, 1.54) is 25.3 Å². The third kappa shape index (κ3) is 5.67. The first kappa shape index (κ1) is 15.4. The van der Waals surface area contributed by atoms with Gasteiger partial charge in [0.05, 0.1) is 13.7 Å². The molecule has 0 amide bonds. The summed E-state index contributed by atoms with van der Waals surface area (Å²) in [5.41, 5.74) is 0.639. The Balaban J connectivity index is 2.60. The third-order valence-electron chi connectivity index (χ3n) is 2.39. The van der Waals surface area contributed by atoms with Crippen LogP contribution in [0.5, 0.6) is 5.75 Å². The predicted molar refractivity (Wildman–Crippen MR) is 67.5 cm³/mol. The first-order valence-corrected chi connectivity index (χ1v) is 5.85. The topological polar surface area (TPSA) is 56.8 Å². The summed E-state index contributed by atoms with van der Waals surface area (Å²) in [6, 6.07) is 4.14. The number of ether oxygens (including phenoxy) is 3. The van der Waals surface area contributed by atoms with Crippen molar-refractivity contribution in [2.75, 3.05) is 34.0 Å². The number of carbonyl (C=O) groups is 1. The van der Waals surface area contributed by atoms with Gasteiger partial charge in [-0.1, -0.05) is 0 Å². The highest BCUT2D eigenvalue weighted by Gasteiger charge is 2.08. The van der Waals surface area contributed by atoms with Gasteiger partial charge in [-0.3, -0.25) is 0 Å². The molecule has 0 spiro atoms. The minimum Gasteiger partial charge on any atom is -0.482 e. The molecule has 0 radical (unpaired) electrons. The second-order valence-electron chi connectivity index (χ2n) is 3.79. The number of carbonyl (C=O) groups excluding carboxylic acids is 1. The molecule has 0 saturated carbocycles. The lowest BCUT2D eigenvalue weighted by Crippen LogP contribution is -2.20. The maximum absolute atomic E-state index is 13.2. The molecule has 0 bridgehead atoms. The van der Waals surface area contributed by atoms with E-state index < -0.39 is 5.97 Å². The van der Waals surface area contributed by atoms with Crippen molar-refractivity contribution in [3.63, 3.8) is 0 Å². The second-order valence-corrected chi connectivity index (χ2v) is 3.79. The Morgan fingerprint density at radius 2 is 2.16 bits per heavy atom. The van der Waals surface area contributed by atoms with Gasteiger partial charge in [-0.25, -0.2) is 9.18 Å². The summed E-state index contributed by atoms with van der Waals surface area (Å²) < 4.78 is 27.9. The van der Waals surface area contributed by atoms with Crippen molar-refractivity contribution in [3.05, 3.63) is 29.6 Å². The Morgan fingerprint density at radius 3 is 2.84 bits per heavy atom. The summed E-state index contributed by atoms with van der Waals surface area (Å²) in [5.74, 6) is -0.381. The largest absolute Gasteiger partial charge is 0.482 e. The summed E-state index contributed by atoms with van der Waals surface area (Å²) in [6.45, 7) is 1.43. The quantitative estimate of drug-likeness (QED) is 0.567. The molecule has 0 aliphatic heterocycles. The zero-order chi connectivity index (χ0) is 14.1. The van der Waals surface area contributed by atoms with Crippen molar-refractivity contribution < 1.29 is 23.4 Å². The standard InChI is InChI=1S/C13H18FNO4/c1-17-6-5-15-8-10-7-11(14)3-4-12(10)19-9-13(16)18-2/h3-4,7,15H,5-6,8-9H2,1-2H3. The van der Waals surface area contributed by atoms with Gasteiger partial charge >= 0.3 is 5.97 Å². The van der Waals surface area contributed by atoms with Crippen LogP contribution in [-0.4, -0.2) is 39.9 Å². The van der Waals surface area contributed by atoms with Crippen LogP contribution < -0.4 is 10.1 Å². The minimum atomic E-state index is -0.484. The van der Waals surface area contributed by atoms with Gasteiger partial charge in [0, 0.05) is 25.8 Å². The lowest BCUT2D eigenvalue weighted by molar-refractivity contribution is -0.142. The van der Waals surface area contributed by atoms with E-state index in [1.807, 2.05) is 0 Å². The Kier molecular flexibility index (Phi) is 6.84. The fourth-order valence-corrected chi connectivity index (χ4v) is 1.42. The second kappa shape index (κ2) is 8.44. The van der Waals surface area contributed by atoms with Crippen molar-refractivity contribution >= 4 is 5.97 Å². The molecule has 5 nitrogen and oxygen atoms in total. The Hall–Kier alpha value is -1.66. The molecule has 0 unspecified atom stereocenters. The number of methoxy groups -OCH3 is 2. The van der Waals surface area contributed by atoms with E-state index in [0.717, 1.165) is 0 Å². The van der Waals surface area contributed by atoms with Crippen LogP contribution in [0.15, 0.2) is 18.2 Å². The maximum atomic E-state index is 13.2. The molecule has 0 aliphatic rings. The fourth-order valence-electron chi connectivity index (χ4n) is 1.42. The number of benzene rings is 1. The highest BCUT2D eigenvalue weighted by Crippen LogP contribution is 2.19. The van der Waals surface area contributed by atoms with E-state index in [4.69, 9.17) is 9.47 Å². The van der Waals surface area contributed by atoms with Crippen LogP contribution in [0.4, 0.5) is 4.39 Å². The Bertz CT molecular complexity index is 412. The van der Waals surface area contributed by atoms with Gasteiger partial charge in [0.2, 0.25) is 0 Å². The minimum absolute atomic E-state index is 0.201. The van der Waals surface area contributed by atoms with Gasteiger partial charge in [-0.2, -0.15) is 0 Å². The summed E-state index contributed by atoms with van der Waals surface area (Å²) in [5, 5.41) is 3.08. The molecule has 1 aromatic rings. The van der Waals surface area contributed by atoms with Gasteiger partial charge in [0.15, 0.2) is 6.61 Å². The van der Waals surface area contributed by atoms with Crippen LogP contribution in [0.1, 0.15) is 5.56 Å². The van der Waals surface area contributed by atoms with Gasteiger partial charge in [0.25, 0.3) is 0 Å². The van der Waals surface area contributed by atoms with E-state index in [-0.39, 0.29) is 12.4 Å². The smallest absolute Gasteiger partial charge is 0.343 e. The summed E-state index contributed by atoms with van der Waals surface area (Å²) in [4.78, 5) is 11.0. The molecular formula is C13H18FNO4. The lowest BCUT2D eigenvalue weighted by atomic mass is 10.2. The van der Waals surface area contributed by atoms with E-state index in [2.05, 4.69) is 10.1 Å². The van der Waals surface area contributed by atoms with Gasteiger partial charge in [0.1, 0.15) is 11.6 Å². The molecule has 0 fully saturated rings. The molecule has 6 heteroatoms. The third-order valence-corrected chi connectivity index (χ3v) is 2.39. The monoisotopic (exact) mass is 271 g/mol. The molecular weight excluding hydrogens is 253 g/mol. The zero-order valence-corrected chi connectivity index (χ0v) is 11.1. The average Bonchev–Trinajstić information content (AvgIpc) is 2.42. The molecule has 19 heavy (non-hydrogen) atoms. The van der Waals surface area contributed by atoms with Crippen molar-refractivity contribution in [3.8, 4) is 5.75 Å². The first-order chi connectivity index (χ1) is 9.17. The number of esters is 1. The summed E-state index contributed by atoms with van der Waals surface area (Å²) in [7, 11) is 2.89. The molecule has 0 heterocycles. The average molecular weight is 271 g/mol. The van der Waals surface area contributed by atoms with Crippen LogP contribution >= 0.6 is 0 Å². The van der Waals surface area contributed by atoms with Crippen molar-refractivity contribution in [1.82, 2.24) is 5.32 Å². The molecule has 1 aromatic carbocycles. The molecule has 0 aliphatic carbocycles. The van der Waals surface area contributed by atoms with Gasteiger partial charge in [-0.05, 0) is 18.2 Å². The number of hydrogen-bond acceptors (Lipinski definition) is 5. The highest BCUT2D eigenvalue weighted by atomic mass is 19.1. The molecule has 106 valence electrons. The number of halogens is 1. The van der Waals surface area contributed by atoms with Gasteiger partial charge in [-0.15, -0.1) is 0 Å². The van der Waals surface area contributed by atoms with E-state index in [1.54, 1.807) is 7.11 Å². The fraction of sp³-hybridized carbons (Fsp3) is 0.462. The summed E-state index contributed by atoms with van der Waals surface area (Å²) >= 11 is 0. The summed E-state index contributed by atoms with van der Waals surface area (Å²) in [6.07, 6.45) is 0. The van der Waals surface area contributed by atoms with Gasteiger partial charge < -0.3 is 19.5 Å². The SMILES string of the molecule is COCCNCc1cc(F)ccc1OCC(=O)OC. The Labute approximate surface area is 111 Å². The Morgan fingerprint density at radius 1 is 1.37 bits per heavy atom. The predicted octanol–water partition coefficient (Wildman–Crippen LogP) is 1.11. The van der Waals surface area contributed by atoms with E-state index >= 15 is 0 Å². The van der Waals surface area contributed by atoms with Crippen molar-refractivity contribution in [1.29, 1.82) is 0 Å². The van der Waals surface area contributed by atoms with E-state index in [9.17, 15) is 9.18 Å².